The van der Waals surface area contributed by atoms with Gasteiger partial charge in [0.2, 0.25) is 0 Å². The maximum Gasteiger partial charge on any atom is 0.336 e. The summed E-state index contributed by atoms with van der Waals surface area (Å²) in [6, 6.07) is 0. The molecular weight excluding hydrogens is 763 g/mol. The van der Waals surface area contributed by atoms with Gasteiger partial charge in [-0.25, -0.2) is 28.1 Å². The SMILES string of the molecule is CCCCCCCCCCCCSCCCn1c(=O)n(CCCSCCCCCCCCCCCC)c(=O)n(CCCSCCCCCCCCCCCC)c1=O. The van der Waals surface area contributed by atoms with E-state index in [0.29, 0.717) is 19.6 Å². The van der Waals surface area contributed by atoms with Crippen molar-refractivity contribution in [3.63, 3.8) is 0 Å². The molecule has 0 bridgehead atoms. The molecule has 0 fully saturated rings. The van der Waals surface area contributed by atoms with E-state index in [1.807, 2.05) is 35.3 Å². The summed E-state index contributed by atoms with van der Waals surface area (Å²) >= 11 is 5.82. The lowest BCUT2D eigenvalue weighted by molar-refractivity contribution is 0.440. The van der Waals surface area contributed by atoms with E-state index >= 15 is 0 Å². The highest BCUT2D eigenvalue weighted by atomic mass is 32.2. The first-order valence-corrected chi connectivity index (χ1v) is 28.2. The predicted octanol–water partition coefficient (Wildman–Crippen LogP) is 14.3. The summed E-state index contributed by atoms with van der Waals surface area (Å²) in [7, 11) is 0. The lowest BCUT2D eigenvalue weighted by atomic mass is 10.1. The molecule has 0 aromatic carbocycles. The molecule has 0 amide bonds. The number of hydrogen-bond acceptors (Lipinski definition) is 6. The van der Waals surface area contributed by atoms with E-state index in [9.17, 15) is 14.4 Å². The number of aromatic nitrogens is 3. The Balaban J connectivity index is 2.52. The van der Waals surface area contributed by atoms with Gasteiger partial charge in [0.05, 0.1) is 0 Å². The summed E-state index contributed by atoms with van der Waals surface area (Å²) in [5.41, 5.74) is -1.22. The Bertz CT molecular complexity index is 1010. The Morgan fingerprint density at radius 1 is 0.263 bits per heavy atom. The summed E-state index contributed by atoms with van der Waals surface area (Å²) in [5.74, 6) is 6.24. The molecule has 1 heterocycles. The fraction of sp³-hybridized carbons (Fsp3) is 0.938. The molecular formula is C48H93N3O3S3. The minimum absolute atomic E-state index is 0.393. The Kier molecular flexibility index (Phi) is 40.3. The Morgan fingerprint density at radius 3 is 0.649 bits per heavy atom. The molecule has 0 N–H and O–H groups in total. The van der Waals surface area contributed by atoms with Crippen LogP contribution in [0.4, 0.5) is 0 Å². The van der Waals surface area contributed by atoms with E-state index in [2.05, 4.69) is 20.8 Å². The molecule has 0 radical (unpaired) electrons. The molecule has 0 aliphatic rings. The van der Waals surface area contributed by atoms with Gasteiger partial charge in [0.1, 0.15) is 0 Å². The van der Waals surface area contributed by atoms with Gasteiger partial charge in [-0.05, 0) is 73.0 Å². The molecule has 1 aromatic heterocycles. The molecule has 1 rings (SSSR count). The van der Waals surface area contributed by atoms with Crippen LogP contribution >= 0.6 is 35.3 Å². The van der Waals surface area contributed by atoms with Crippen molar-refractivity contribution in [1.82, 2.24) is 13.7 Å². The Labute approximate surface area is 365 Å². The second kappa shape index (κ2) is 42.2. The summed E-state index contributed by atoms with van der Waals surface area (Å²) in [6.07, 6.45) is 42.8. The third-order valence-corrected chi connectivity index (χ3v) is 14.8. The van der Waals surface area contributed by atoms with Crippen LogP contribution in [0.2, 0.25) is 0 Å². The first kappa shape index (κ1) is 54.5. The molecule has 0 saturated carbocycles. The van der Waals surface area contributed by atoms with Crippen molar-refractivity contribution in [2.75, 3.05) is 34.5 Å². The number of rotatable bonds is 45. The second-order valence-corrected chi connectivity index (χ2v) is 20.4. The highest BCUT2D eigenvalue weighted by Gasteiger charge is 2.15. The summed E-state index contributed by atoms with van der Waals surface area (Å²) < 4.78 is 4.11. The number of nitrogens with zero attached hydrogens (tertiary/aromatic N) is 3. The third kappa shape index (κ3) is 31.0. The van der Waals surface area contributed by atoms with Gasteiger partial charge in [0, 0.05) is 19.6 Å². The van der Waals surface area contributed by atoms with E-state index in [4.69, 9.17) is 0 Å². The van der Waals surface area contributed by atoms with Gasteiger partial charge in [-0.1, -0.05) is 194 Å². The van der Waals surface area contributed by atoms with Gasteiger partial charge in [-0.2, -0.15) is 35.3 Å². The van der Waals surface area contributed by atoms with Crippen LogP contribution < -0.4 is 17.1 Å². The number of thioether (sulfide) groups is 3. The van der Waals surface area contributed by atoms with Crippen molar-refractivity contribution in [3.8, 4) is 0 Å². The van der Waals surface area contributed by atoms with E-state index in [1.165, 1.54) is 206 Å². The zero-order chi connectivity index (χ0) is 41.3. The Hall–Kier alpha value is -0.540. The van der Waals surface area contributed by atoms with Crippen LogP contribution in [-0.4, -0.2) is 48.2 Å². The van der Waals surface area contributed by atoms with Crippen LogP contribution in [0.5, 0.6) is 0 Å². The first-order valence-electron chi connectivity index (χ1n) is 24.8. The molecule has 0 spiro atoms. The lowest BCUT2D eigenvalue weighted by Crippen LogP contribution is -2.54. The topological polar surface area (TPSA) is 66.0 Å². The molecule has 9 heteroatoms. The minimum Gasteiger partial charge on any atom is -0.247 e. The van der Waals surface area contributed by atoms with Gasteiger partial charge < -0.3 is 0 Å². The van der Waals surface area contributed by atoms with Crippen LogP contribution in [0.1, 0.15) is 233 Å². The molecule has 0 aliphatic heterocycles. The van der Waals surface area contributed by atoms with Crippen LogP contribution in [-0.2, 0) is 19.6 Å². The molecule has 0 saturated heterocycles. The zero-order valence-electron chi connectivity index (χ0n) is 38.0. The summed E-state index contributed by atoms with van der Waals surface area (Å²) in [6.45, 7) is 8.00. The Morgan fingerprint density at radius 2 is 0.439 bits per heavy atom. The summed E-state index contributed by atoms with van der Waals surface area (Å²) in [5, 5.41) is 0. The fourth-order valence-corrected chi connectivity index (χ4v) is 10.4. The molecule has 0 aliphatic carbocycles. The van der Waals surface area contributed by atoms with Gasteiger partial charge in [0.15, 0.2) is 0 Å². The van der Waals surface area contributed by atoms with Crippen LogP contribution in [0.3, 0.4) is 0 Å². The zero-order valence-corrected chi connectivity index (χ0v) is 40.4. The van der Waals surface area contributed by atoms with Crippen molar-refractivity contribution in [2.24, 2.45) is 0 Å². The molecule has 0 unspecified atom stereocenters. The van der Waals surface area contributed by atoms with E-state index in [-0.39, 0.29) is 0 Å². The van der Waals surface area contributed by atoms with Crippen LogP contribution in [0.15, 0.2) is 14.4 Å². The van der Waals surface area contributed by atoms with Crippen molar-refractivity contribution in [2.45, 2.75) is 252 Å². The smallest absolute Gasteiger partial charge is 0.247 e. The monoisotopic (exact) mass is 856 g/mol. The molecule has 0 atom stereocenters. The van der Waals surface area contributed by atoms with Crippen molar-refractivity contribution >= 4 is 35.3 Å². The predicted molar refractivity (Wildman–Crippen MR) is 261 cm³/mol. The highest BCUT2D eigenvalue weighted by Crippen LogP contribution is 2.16. The molecule has 336 valence electrons. The fourth-order valence-electron chi connectivity index (χ4n) is 7.61. The molecule has 1 aromatic rings. The molecule has 6 nitrogen and oxygen atoms in total. The highest BCUT2D eigenvalue weighted by molar-refractivity contribution is 7.99. The average Bonchev–Trinajstić information content (AvgIpc) is 3.21. The van der Waals surface area contributed by atoms with Gasteiger partial charge in [0.25, 0.3) is 0 Å². The van der Waals surface area contributed by atoms with Crippen molar-refractivity contribution < 1.29 is 0 Å². The first-order chi connectivity index (χ1) is 28.1. The third-order valence-electron chi connectivity index (χ3n) is 11.3. The number of unbranched alkanes of at least 4 members (excludes halogenated alkanes) is 27. The number of hydrogen-bond donors (Lipinski definition) is 0. The van der Waals surface area contributed by atoms with E-state index in [1.54, 1.807) is 0 Å². The normalized spacial score (nSPS) is 11.6. The molecule has 57 heavy (non-hydrogen) atoms. The maximum absolute atomic E-state index is 13.6. The van der Waals surface area contributed by atoms with Crippen LogP contribution in [0, 0.1) is 0 Å². The van der Waals surface area contributed by atoms with Crippen LogP contribution in [0.25, 0.3) is 0 Å². The van der Waals surface area contributed by atoms with Gasteiger partial charge >= 0.3 is 17.1 Å². The average molecular weight is 856 g/mol. The quantitative estimate of drug-likeness (QED) is 0.0609. The van der Waals surface area contributed by atoms with E-state index < -0.39 is 17.1 Å². The second-order valence-electron chi connectivity index (χ2n) is 16.7. The van der Waals surface area contributed by atoms with Gasteiger partial charge in [-0.3, -0.25) is 0 Å². The minimum atomic E-state index is -0.407. The standard InChI is InChI=1S/C48H93N3O3S3/c1-4-7-10-13-16-19-22-25-28-31-40-55-43-34-37-49-46(52)50(38-35-44-56-41-32-29-26-23-20-17-14-11-8-5-2)48(54)51(47(49)53)39-36-45-57-42-33-30-27-24-21-18-15-12-9-6-3/h4-45H2,1-3H3. The maximum atomic E-state index is 13.6. The summed E-state index contributed by atoms with van der Waals surface area (Å²) in [4.78, 5) is 40.8. The lowest BCUT2D eigenvalue weighted by Gasteiger charge is -2.14. The van der Waals surface area contributed by atoms with E-state index in [0.717, 1.165) is 53.8 Å². The van der Waals surface area contributed by atoms with Crippen molar-refractivity contribution in [3.05, 3.63) is 31.5 Å². The van der Waals surface area contributed by atoms with Crippen molar-refractivity contribution in [1.29, 1.82) is 0 Å². The van der Waals surface area contributed by atoms with Gasteiger partial charge in [-0.15, -0.1) is 0 Å². The largest absolute Gasteiger partial charge is 0.336 e.